The van der Waals surface area contributed by atoms with E-state index in [0.29, 0.717) is 0 Å². The number of hydrogen-bond acceptors (Lipinski definition) is 1. The zero-order chi connectivity index (χ0) is 11.3. The molecular formula is C13H21OSi. The maximum Gasteiger partial charge on any atom is 0.122 e. The summed E-state index contributed by atoms with van der Waals surface area (Å²) in [5.41, 5.74) is 2.62. The van der Waals surface area contributed by atoms with E-state index in [1.54, 1.807) is 7.11 Å². The van der Waals surface area contributed by atoms with Crippen molar-refractivity contribution in [3.8, 4) is 5.75 Å². The Hall–Kier alpha value is -0.763. The monoisotopic (exact) mass is 221 g/mol. The van der Waals surface area contributed by atoms with Crippen molar-refractivity contribution in [1.82, 2.24) is 0 Å². The lowest BCUT2D eigenvalue weighted by atomic mass is 10.1. The molecular weight excluding hydrogens is 200 g/mol. The molecule has 2 heteroatoms. The van der Waals surface area contributed by atoms with E-state index < -0.39 is 0 Å². The highest BCUT2D eigenvalue weighted by atomic mass is 28.3. The quantitative estimate of drug-likeness (QED) is 0.689. The lowest BCUT2D eigenvalue weighted by Gasteiger charge is -2.08. The van der Waals surface area contributed by atoms with Gasteiger partial charge in [-0.2, -0.15) is 0 Å². The number of aryl methyl sites for hydroxylation is 2. The number of hydrogen-bond donors (Lipinski definition) is 0. The number of benzene rings is 1. The molecule has 0 aliphatic rings. The highest BCUT2D eigenvalue weighted by molar-refractivity contribution is 6.55. The minimum Gasteiger partial charge on any atom is -0.496 e. The molecule has 0 aliphatic heterocycles. The molecule has 0 fully saturated rings. The first-order valence-corrected chi connectivity index (χ1v) is 8.26. The molecule has 0 saturated heterocycles. The van der Waals surface area contributed by atoms with Gasteiger partial charge >= 0.3 is 0 Å². The van der Waals surface area contributed by atoms with E-state index in [1.165, 1.54) is 30.0 Å². The lowest BCUT2D eigenvalue weighted by Crippen LogP contribution is -1.99. The first kappa shape index (κ1) is 12.3. The summed E-state index contributed by atoms with van der Waals surface area (Å²) in [7, 11) is 1.68. The molecule has 1 rings (SSSR count). The maximum absolute atomic E-state index is 5.32. The van der Waals surface area contributed by atoms with Crippen molar-refractivity contribution in [3.05, 3.63) is 29.3 Å². The van der Waals surface area contributed by atoms with E-state index in [1.807, 2.05) is 0 Å². The van der Waals surface area contributed by atoms with Crippen LogP contribution in [0.2, 0.25) is 19.1 Å². The summed E-state index contributed by atoms with van der Waals surface area (Å²) >= 11 is 0. The average Bonchev–Trinajstić information content (AvgIpc) is 2.20. The topological polar surface area (TPSA) is 9.23 Å². The van der Waals surface area contributed by atoms with Gasteiger partial charge in [-0.15, -0.1) is 0 Å². The van der Waals surface area contributed by atoms with Crippen molar-refractivity contribution in [1.29, 1.82) is 0 Å². The summed E-state index contributed by atoms with van der Waals surface area (Å²) < 4.78 is 5.32. The zero-order valence-electron chi connectivity index (χ0n) is 10.3. The van der Waals surface area contributed by atoms with Gasteiger partial charge in [0.25, 0.3) is 0 Å². The fourth-order valence-corrected chi connectivity index (χ4v) is 2.55. The highest BCUT2D eigenvalue weighted by Crippen LogP contribution is 2.20. The van der Waals surface area contributed by atoms with Crippen LogP contribution in [0.1, 0.15) is 17.5 Å². The molecule has 0 atom stereocenters. The van der Waals surface area contributed by atoms with Gasteiger partial charge in [0.05, 0.1) is 7.11 Å². The van der Waals surface area contributed by atoms with Crippen LogP contribution in [0, 0.1) is 6.92 Å². The van der Waals surface area contributed by atoms with Gasteiger partial charge in [-0.1, -0.05) is 37.7 Å². The molecule has 83 valence electrons. The predicted octanol–water partition coefficient (Wildman–Crippen LogP) is 3.69. The molecule has 0 spiro atoms. The Balaban J connectivity index is 2.54. The molecule has 0 aromatic heterocycles. The summed E-state index contributed by atoms with van der Waals surface area (Å²) in [6.07, 6.45) is 2.50. The van der Waals surface area contributed by atoms with Gasteiger partial charge in [0.1, 0.15) is 5.75 Å². The van der Waals surface area contributed by atoms with Crippen LogP contribution in [0.15, 0.2) is 18.2 Å². The molecule has 15 heavy (non-hydrogen) atoms. The van der Waals surface area contributed by atoms with Crippen LogP contribution >= 0.6 is 0 Å². The van der Waals surface area contributed by atoms with Crippen molar-refractivity contribution >= 4 is 8.80 Å². The first-order chi connectivity index (χ1) is 7.13. The van der Waals surface area contributed by atoms with Crippen LogP contribution in [0.5, 0.6) is 5.75 Å². The van der Waals surface area contributed by atoms with Crippen molar-refractivity contribution in [2.75, 3.05) is 7.11 Å². The van der Waals surface area contributed by atoms with Crippen molar-refractivity contribution in [2.45, 2.75) is 38.9 Å². The van der Waals surface area contributed by atoms with Crippen LogP contribution in [0.3, 0.4) is 0 Å². The second kappa shape index (κ2) is 5.96. The Labute approximate surface area is 95.1 Å². The molecule has 1 radical (unpaired) electrons. The van der Waals surface area contributed by atoms with E-state index in [2.05, 4.69) is 38.2 Å². The Morgan fingerprint density at radius 2 is 2.00 bits per heavy atom. The van der Waals surface area contributed by atoms with Gasteiger partial charge in [0, 0.05) is 8.80 Å². The van der Waals surface area contributed by atoms with E-state index in [4.69, 9.17) is 4.74 Å². The molecule has 1 aromatic carbocycles. The Kier molecular flexibility index (Phi) is 4.89. The number of ether oxygens (including phenoxy) is 1. The molecule has 0 amide bonds. The van der Waals surface area contributed by atoms with Gasteiger partial charge in [0.2, 0.25) is 0 Å². The average molecular weight is 221 g/mol. The number of methoxy groups -OCH3 is 1. The second-order valence-electron chi connectivity index (χ2n) is 4.36. The third-order valence-corrected chi connectivity index (χ3v) is 3.97. The van der Waals surface area contributed by atoms with E-state index in [-0.39, 0.29) is 8.80 Å². The van der Waals surface area contributed by atoms with Crippen LogP contribution in [-0.2, 0) is 6.42 Å². The lowest BCUT2D eigenvalue weighted by molar-refractivity contribution is 0.411. The summed E-state index contributed by atoms with van der Waals surface area (Å²) in [6, 6.07) is 7.95. The maximum atomic E-state index is 5.32. The first-order valence-electron chi connectivity index (χ1n) is 5.56. The Bertz CT molecular complexity index is 307. The van der Waals surface area contributed by atoms with Gasteiger partial charge < -0.3 is 4.74 Å². The summed E-state index contributed by atoms with van der Waals surface area (Å²) in [5.74, 6) is 1.02. The van der Waals surface area contributed by atoms with Crippen LogP contribution in [0.4, 0.5) is 0 Å². The smallest absolute Gasteiger partial charge is 0.122 e. The standard InChI is InChI=1S/C13H21OSi/c1-11-7-8-12(10-13(11)14-2)6-5-9-15(3)4/h7-8,10H,5-6,9H2,1-4H3. The van der Waals surface area contributed by atoms with Gasteiger partial charge in [0.15, 0.2) is 0 Å². The summed E-state index contributed by atoms with van der Waals surface area (Å²) in [4.78, 5) is 0. The van der Waals surface area contributed by atoms with Crippen molar-refractivity contribution in [3.63, 3.8) is 0 Å². The third kappa shape index (κ3) is 4.08. The Morgan fingerprint density at radius 3 is 2.60 bits per heavy atom. The fraction of sp³-hybridized carbons (Fsp3) is 0.538. The van der Waals surface area contributed by atoms with Crippen LogP contribution in [0.25, 0.3) is 0 Å². The molecule has 0 saturated carbocycles. The number of rotatable bonds is 5. The minimum absolute atomic E-state index is 0.0589. The Morgan fingerprint density at radius 1 is 1.27 bits per heavy atom. The SMILES string of the molecule is COc1cc(CCC[Si](C)C)ccc1C. The molecule has 0 heterocycles. The van der Waals surface area contributed by atoms with Gasteiger partial charge in [-0.05, 0) is 30.5 Å². The second-order valence-corrected chi connectivity index (χ2v) is 7.28. The largest absolute Gasteiger partial charge is 0.496 e. The highest BCUT2D eigenvalue weighted by Gasteiger charge is 2.01. The van der Waals surface area contributed by atoms with Crippen LogP contribution < -0.4 is 4.74 Å². The van der Waals surface area contributed by atoms with E-state index >= 15 is 0 Å². The van der Waals surface area contributed by atoms with Crippen LogP contribution in [-0.4, -0.2) is 15.9 Å². The molecule has 1 nitrogen and oxygen atoms in total. The normalized spacial score (nSPS) is 10.7. The van der Waals surface area contributed by atoms with Gasteiger partial charge in [-0.25, -0.2) is 0 Å². The minimum atomic E-state index is -0.0589. The van der Waals surface area contributed by atoms with E-state index in [9.17, 15) is 0 Å². The zero-order valence-corrected chi connectivity index (χ0v) is 11.3. The predicted molar refractivity (Wildman–Crippen MR) is 68.3 cm³/mol. The summed E-state index contributed by atoms with van der Waals surface area (Å²) in [5, 5.41) is 0. The van der Waals surface area contributed by atoms with Crippen molar-refractivity contribution in [2.24, 2.45) is 0 Å². The molecule has 1 aromatic rings. The third-order valence-electron chi connectivity index (χ3n) is 2.61. The molecule has 0 unspecified atom stereocenters. The molecule has 0 aliphatic carbocycles. The van der Waals surface area contributed by atoms with Gasteiger partial charge in [-0.3, -0.25) is 0 Å². The molecule has 0 N–H and O–H groups in total. The summed E-state index contributed by atoms with van der Waals surface area (Å²) in [6.45, 7) is 6.84. The van der Waals surface area contributed by atoms with E-state index in [0.717, 1.165) is 5.75 Å². The molecule has 0 bridgehead atoms. The fourth-order valence-electron chi connectivity index (χ4n) is 1.67. The van der Waals surface area contributed by atoms with Crippen molar-refractivity contribution < 1.29 is 4.74 Å².